The van der Waals surface area contributed by atoms with Crippen LogP contribution in [0.2, 0.25) is 0 Å². The number of aryl methyl sites for hydroxylation is 1. The van der Waals surface area contributed by atoms with Crippen LogP contribution in [0.1, 0.15) is 19.5 Å². The maximum Gasteiger partial charge on any atom is 0.0640 e. The Kier molecular flexibility index (Phi) is 4.10. The monoisotopic (exact) mass is 197 g/mol. The molecule has 0 bridgehead atoms. The van der Waals surface area contributed by atoms with Crippen molar-refractivity contribution < 1.29 is 4.74 Å². The second-order valence-electron chi connectivity index (χ2n) is 3.83. The van der Waals surface area contributed by atoms with Crippen molar-refractivity contribution in [1.82, 2.24) is 9.78 Å². The highest BCUT2D eigenvalue weighted by Crippen LogP contribution is 1.99. The Morgan fingerprint density at radius 3 is 2.79 bits per heavy atom. The first-order valence-corrected chi connectivity index (χ1v) is 4.93. The van der Waals surface area contributed by atoms with Crippen molar-refractivity contribution in [3.63, 3.8) is 0 Å². The van der Waals surface area contributed by atoms with E-state index in [1.807, 2.05) is 33.2 Å². The highest BCUT2D eigenvalue weighted by atomic mass is 16.5. The average molecular weight is 197 g/mol. The van der Waals surface area contributed by atoms with Crippen LogP contribution in [0, 0.1) is 0 Å². The number of nitrogens with zero attached hydrogens (tertiary/aromatic N) is 2. The molecule has 0 spiro atoms. The number of nitrogens with two attached hydrogens (primary N) is 1. The molecule has 0 aliphatic heterocycles. The molecule has 0 saturated carbocycles. The lowest BCUT2D eigenvalue weighted by molar-refractivity contribution is 0.0682. The molecule has 1 atom stereocenters. The largest absolute Gasteiger partial charge is 0.377 e. The molecule has 0 aromatic carbocycles. The summed E-state index contributed by atoms with van der Waals surface area (Å²) in [5, 5.41) is 4.26. The van der Waals surface area contributed by atoms with Gasteiger partial charge in [0.2, 0.25) is 0 Å². The van der Waals surface area contributed by atoms with Gasteiger partial charge >= 0.3 is 0 Å². The van der Waals surface area contributed by atoms with E-state index in [1.165, 1.54) is 0 Å². The molecule has 0 aliphatic rings. The van der Waals surface area contributed by atoms with E-state index in [-0.39, 0.29) is 12.1 Å². The highest BCUT2D eigenvalue weighted by Gasteiger charge is 2.07. The summed E-state index contributed by atoms with van der Waals surface area (Å²) in [4.78, 5) is 0. The fourth-order valence-corrected chi connectivity index (χ4v) is 1.22. The minimum absolute atomic E-state index is 0.0345. The Labute approximate surface area is 85.0 Å². The van der Waals surface area contributed by atoms with Gasteiger partial charge in [0.15, 0.2) is 0 Å². The smallest absolute Gasteiger partial charge is 0.0640 e. The van der Waals surface area contributed by atoms with E-state index in [0.29, 0.717) is 6.61 Å². The van der Waals surface area contributed by atoms with E-state index >= 15 is 0 Å². The Morgan fingerprint density at radius 2 is 2.29 bits per heavy atom. The summed E-state index contributed by atoms with van der Waals surface area (Å²) in [7, 11) is 1.90. The van der Waals surface area contributed by atoms with Crippen molar-refractivity contribution in [3.8, 4) is 0 Å². The van der Waals surface area contributed by atoms with E-state index in [0.717, 1.165) is 12.1 Å². The lowest BCUT2D eigenvalue weighted by atomic mass is 10.2. The normalized spacial score (nSPS) is 13.5. The standard InChI is InChI=1S/C10H19N3O/c1-8(2)14-7-9(11)6-10-4-5-13(3)12-10/h4-5,8-9H,6-7,11H2,1-3H3. The van der Waals surface area contributed by atoms with Crippen LogP contribution in [0.5, 0.6) is 0 Å². The molecule has 0 amide bonds. The lowest BCUT2D eigenvalue weighted by Crippen LogP contribution is -2.30. The van der Waals surface area contributed by atoms with E-state index in [4.69, 9.17) is 10.5 Å². The van der Waals surface area contributed by atoms with Gasteiger partial charge in [0, 0.05) is 25.7 Å². The maximum absolute atomic E-state index is 5.89. The third-order valence-electron chi connectivity index (χ3n) is 1.88. The zero-order chi connectivity index (χ0) is 10.6. The number of aromatic nitrogens is 2. The molecule has 0 radical (unpaired) electrons. The van der Waals surface area contributed by atoms with E-state index in [1.54, 1.807) is 4.68 Å². The van der Waals surface area contributed by atoms with Gasteiger partial charge in [0.1, 0.15) is 0 Å². The van der Waals surface area contributed by atoms with Crippen molar-refractivity contribution in [2.45, 2.75) is 32.4 Å². The quantitative estimate of drug-likeness (QED) is 0.756. The average Bonchev–Trinajstić information content (AvgIpc) is 2.48. The molecular formula is C10H19N3O. The zero-order valence-electron chi connectivity index (χ0n) is 9.10. The summed E-state index contributed by atoms with van der Waals surface area (Å²) in [6.45, 7) is 4.61. The van der Waals surface area contributed by atoms with Gasteiger partial charge < -0.3 is 10.5 Å². The Morgan fingerprint density at radius 1 is 1.57 bits per heavy atom. The van der Waals surface area contributed by atoms with Gasteiger partial charge in [-0.25, -0.2) is 0 Å². The second-order valence-corrected chi connectivity index (χ2v) is 3.83. The van der Waals surface area contributed by atoms with Gasteiger partial charge in [-0.1, -0.05) is 0 Å². The van der Waals surface area contributed by atoms with Crippen LogP contribution in [-0.4, -0.2) is 28.5 Å². The molecule has 14 heavy (non-hydrogen) atoms. The fourth-order valence-electron chi connectivity index (χ4n) is 1.22. The summed E-state index contributed by atoms with van der Waals surface area (Å²) in [6, 6.07) is 2.02. The molecular weight excluding hydrogens is 178 g/mol. The molecule has 1 rings (SSSR count). The molecule has 0 aliphatic carbocycles. The van der Waals surface area contributed by atoms with Gasteiger partial charge in [-0.05, 0) is 19.9 Å². The molecule has 80 valence electrons. The van der Waals surface area contributed by atoms with Crippen molar-refractivity contribution in [1.29, 1.82) is 0 Å². The highest BCUT2D eigenvalue weighted by molar-refractivity contribution is 5.00. The van der Waals surface area contributed by atoms with Gasteiger partial charge in [-0.15, -0.1) is 0 Å². The Balaban J connectivity index is 2.30. The third kappa shape index (κ3) is 3.89. The summed E-state index contributed by atoms with van der Waals surface area (Å²) < 4.78 is 7.21. The topological polar surface area (TPSA) is 53.1 Å². The first-order valence-electron chi connectivity index (χ1n) is 4.93. The molecule has 1 aromatic rings. The molecule has 1 aromatic heterocycles. The first kappa shape index (κ1) is 11.2. The van der Waals surface area contributed by atoms with Crippen LogP contribution in [-0.2, 0) is 18.2 Å². The van der Waals surface area contributed by atoms with Crippen molar-refractivity contribution in [3.05, 3.63) is 18.0 Å². The number of rotatable bonds is 5. The summed E-state index contributed by atoms with van der Waals surface area (Å²) in [5.41, 5.74) is 6.91. The molecule has 0 saturated heterocycles. The van der Waals surface area contributed by atoms with E-state index < -0.39 is 0 Å². The van der Waals surface area contributed by atoms with Gasteiger partial charge in [-0.3, -0.25) is 4.68 Å². The number of hydrogen-bond donors (Lipinski definition) is 1. The van der Waals surface area contributed by atoms with Crippen molar-refractivity contribution in [2.75, 3.05) is 6.61 Å². The van der Waals surface area contributed by atoms with Gasteiger partial charge in [0.05, 0.1) is 18.4 Å². The maximum atomic E-state index is 5.89. The van der Waals surface area contributed by atoms with E-state index in [9.17, 15) is 0 Å². The first-order chi connectivity index (χ1) is 6.58. The van der Waals surface area contributed by atoms with Crippen LogP contribution < -0.4 is 5.73 Å². The minimum Gasteiger partial charge on any atom is -0.377 e. The van der Waals surface area contributed by atoms with Crippen LogP contribution in [0.25, 0.3) is 0 Å². The van der Waals surface area contributed by atoms with Gasteiger partial charge in [-0.2, -0.15) is 5.10 Å². The van der Waals surface area contributed by atoms with Crippen LogP contribution in [0.3, 0.4) is 0 Å². The zero-order valence-corrected chi connectivity index (χ0v) is 9.10. The van der Waals surface area contributed by atoms with Crippen molar-refractivity contribution in [2.24, 2.45) is 12.8 Å². The molecule has 4 heteroatoms. The second kappa shape index (κ2) is 5.12. The number of hydrogen-bond acceptors (Lipinski definition) is 3. The predicted molar refractivity (Wildman–Crippen MR) is 56.0 cm³/mol. The minimum atomic E-state index is 0.0345. The Bertz CT molecular complexity index is 270. The van der Waals surface area contributed by atoms with Crippen LogP contribution in [0.15, 0.2) is 12.3 Å². The van der Waals surface area contributed by atoms with Crippen LogP contribution in [0.4, 0.5) is 0 Å². The molecule has 4 nitrogen and oxygen atoms in total. The molecule has 1 unspecified atom stereocenters. The molecule has 2 N–H and O–H groups in total. The number of ether oxygens (including phenoxy) is 1. The summed E-state index contributed by atoms with van der Waals surface area (Å²) in [6.07, 6.45) is 2.93. The van der Waals surface area contributed by atoms with Gasteiger partial charge in [0.25, 0.3) is 0 Å². The van der Waals surface area contributed by atoms with Crippen molar-refractivity contribution >= 4 is 0 Å². The third-order valence-corrected chi connectivity index (χ3v) is 1.88. The lowest BCUT2D eigenvalue weighted by Gasteiger charge is -2.12. The SMILES string of the molecule is CC(C)OCC(N)Cc1ccn(C)n1. The van der Waals surface area contributed by atoms with Crippen LogP contribution >= 0.6 is 0 Å². The summed E-state index contributed by atoms with van der Waals surface area (Å²) in [5.74, 6) is 0. The summed E-state index contributed by atoms with van der Waals surface area (Å²) >= 11 is 0. The Hall–Kier alpha value is -0.870. The predicted octanol–water partition coefficient (Wildman–Crippen LogP) is 0.715. The van der Waals surface area contributed by atoms with E-state index in [2.05, 4.69) is 5.10 Å². The molecule has 0 fully saturated rings. The molecule has 1 heterocycles. The fraction of sp³-hybridized carbons (Fsp3) is 0.700.